The van der Waals surface area contributed by atoms with Crippen LogP contribution < -0.4 is 8.92 Å². The predicted octanol–water partition coefficient (Wildman–Crippen LogP) is 4.06. The number of pyridine rings is 1. The molecule has 1 aromatic heterocycles. The van der Waals surface area contributed by atoms with Crippen LogP contribution in [0.3, 0.4) is 0 Å². The Balaban J connectivity index is 1.81. The van der Waals surface area contributed by atoms with E-state index in [1.54, 1.807) is 48.7 Å². The van der Waals surface area contributed by atoms with Crippen molar-refractivity contribution >= 4 is 22.0 Å². The van der Waals surface area contributed by atoms with Gasteiger partial charge in [-0.05, 0) is 55.0 Å². The molecule has 0 spiro atoms. The minimum atomic E-state index is -4.00. The molecule has 0 saturated heterocycles. The molecule has 0 aliphatic heterocycles. The Kier molecular flexibility index (Phi) is 6.09. The van der Waals surface area contributed by atoms with Crippen LogP contribution in [0.15, 0.2) is 78.0 Å². The first-order chi connectivity index (χ1) is 13.9. The molecule has 0 saturated carbocycles. The van der Waals surface area contributed by atoms with Crippen molar-refractivity contribution < 1.29 is 22.1 Å². The Bertz CT molecular complexity index is 1140. The number of hydrogen-bond donors (Lipinski definition) is 0. The molecule has 3 rings (SSSR count). The molecule has 0 N–H and O–H groups in total. The van der Waals surface area contributed by atoms with E-state index >= 15 is 0 Å². The Morgan fingerprint density at radius 1 is 1.03 bits per heavy atom. The fourth-order valence-electron chi connectivity index (χ4n) is 2.50. The summed E-state index contributed by atoms with van der Waals surface area (Å²) in [5.41, 5.74) is 2.07. The zero-order chi connectivity index (χ0) is 20.9. The van der Waals surface area contributed by atoms with Gasteiger partial charge in [-0.1, -0.05) is 29.8 Å². The van der Waals surface area contributed by atoms with Crippen molar-refractivity contribution in [2.24, 2.45) is 0 Å². The quantitative estimate of drug-likeness (QED) is 0.332. The third kappa shape index (κ3) is 5.08. The fraction of sp³-hybridized carbons (Fsp3) is 0.0909. The van der Waals surface area contributed by atoms with Gasteiger partial charge in [0, 0.05) is 18.0 Å². The predicted molar refractivity (Wildman–Crippen MR) is 110 cm³/mol. The van der Waals surface area contributed by atoms with Gasteiger partial charge in [0.1, 0.15) is 4.90 Å². The van der Waals surface area contributed by atoms with Gasteiger partial charge in [-0.2, -0.15) is 8.42 Å². The molecule has 0 atom stereocenters. The van der Waals surface area contributed by atoms with Crippen LogP contribution in [-0.4, -0.2) is 26.3 Å². The van der Waals surface area contributed by atoms with Gasteiger partial charge in [-0.25, -0.2) is 0 Å². The number of benzene rings is 2. The average Bonchev–Trinajstić information content (AvgIpc) is 2.73. The highest BCUT2D eigenvalue weighted by Crippen LogP contribution is 2.31. The zero-order valence-electron chi connectivity index (χ0n) is 15.9. The lowest BCUT2D eigenvalue weighted by molar-refractivity contribution is 0.104. The van der Waals surface area contributed by atoms with Crippen molar-refractivity contribution in [1.29, 1.82) is 0 Å². The molecule has 6 nitrogen and oxygen atoms in total. The Morgan fingerprint density at radius 2 is 1.79 bits per heavy atom. The van der Waals surface area contributed by atoms with Crippen LogP contribution in [0, 0.1) is 6.92 Å². The number of hydrogen-bond acceptors (Lipinski definition) is 6. The minimum Gasteiger partial charge on any atom is -0.493 e. The summed E-state index contributed by atoms with van der Waals surface area (Å²) >= 11 is 0. The van der Waals surface area contributed by atoms with Crippen molar-refractivity contribution in [3.05, 3.63) is 89.8 Å². The number of ketones is 1. The third-order valence-corrected chi connectivity index (χ3v) is 5.32. The molecule has 0 aliphatic rings. The van der Waals surface area contributed by atoms with Crippen LogP contribution in [0.2, 0.25) is 0 Å². The first kappa shape index (κ1) is 20.3. The van der Waals surface area contributed by atoms with E-state index in [0.717, 1.165) is 5.56 Å². The summed E-state index contributed by atoms with van der Waals surface area (Å²) in [7, 11) is -2.58. The van der Waals surface area contributed by atoms with Gasteiger partial charge in [0.15, 0.2) is 17.3 Å². The van der Waals surface area contributed by atoms with Gasteiger partial charge >= 0.3 is 10.1 Å². The summed E-state index contributed by atoms with van der Waals surface area (Å²) in [6, 6.07) is 14.4. The zero-order valence-corrected chi connectivity index (χ0v) is 16.7. The Labute approximate surface area is 169 Å². The van der Waals surface area contributed by atoms with E-state index < -0.39 is 10.1 Å². The van der Waals surface area contributed by atoms with Crippen molar-refractivity contribution in [3.8, 4) is 11.5 Å². The average molecular weight is 409 g/mol. The molecule has 3 aromatic rings. The Hall–Kier alpha value is -3.45. The number of carbonyl (C=O) groups is 1. The summed E-state index contributed by atoms with van der Waals surface area (Å²) in [6.45, 7) is 1.87. The monoisotopic (exact) mass is 409 g/mol. The van der Waals surface area contributed by atoms with Crippen LogP contribution in [0.5, 0.6) is 11.5 Å². The molecular formula is C22H19NO5S. The van der Waals surface area contributed by atoms with E-state index in [1.165, 1.54) is 37.6 Å². The second-order valence-electron chi connectivity index (χ2n) is 6.20. The molecule has 148 valence electrons. The molecule has 0 unspecified atom stereocenters. The van der Waals surface area contributed by atoms with Crippen LogP contribution in [0.25, 0.3) is 6.08 Å². The highest BCUT2D eigenvalue weighted by atomic mass is 32.2. The van der Waals surface area contributed by atoms with E-state index in [4.69, 9.17) is 8.92 Å². The van der Waals surface area contributed by atoms with E-state index in [0.29, 0.717) is 11.1 Å². The van der Waals surface area contributed by atoms with Crippen LogP contribution >= 0.6 is 0 Å². The fourth-order valence-corrected chi connectivity index (χ4v) is 3.44. The van der Waals surface area contributed by atoms with Gasteiger partial charge in [0.2, 0.25) is 0 Å². The molecule has 0 amide bonds. The van der Waals surface area contributed by atoms with Gasteiger partial charge in [0.05, 0.1) is 7.11 Å². The number of carbonyl (C=O) groups excluding carboxylic acids is 1. The number of methoxy groups -OCH3 is 1. The lowest BCUT2D eigenvalue weighted by Crippen LogP contribution is -2.10. The summed E-state index contributed by atoms with van der Waals surface area (Å²) in [5, 5.41) is 0. The van der Waals surface area contributed by atoms with Crippen molar-refractivity contribution in [2.75, 3.05) is 7.11 Å². The standard InChI is InChI=1S/C22H19NO5S/c1-16-5-9-19(10-6-16)29(25,26)28-21-12-8-17(14-22(21)27-2)7-11-20(24)18-4-3-13-23-15-18/h3-15H,1-2H3/b11-7+. The summed E-state index contributed by atoms with van der Waals surface area (Å²) in [4.78, 5) is 16.1. The van der Waals surface area contributed by atoms with Crippen molar-refractivity contribution in [1.82, 2.24) is 4.98 Å². The summed E-state index contributed by atoms with van der Waals surface area (Å²) in [5.74, 6) is 0.0971. The van der Waals surface area contributed by atoms with Gasteiger partial charge < -0.3 is 8.92 Å². The van der Waals surface area contributed by atoms with E-state index in [2.05, 4.69) is 4.98 Å². The Morgan fingerprint density at radius 3 is 2.45 bits per heavy atom. The normalized spacial score (nSPS) is 11.4. The largest absolute Gasteiger partial charge is 0.493 e. The molecule has 0 aliphatic carbocycles. The molecule has 29 heavy (non-hydrogen) atoms. The first-order valence-corrected chi connectivity index (χ1v) is 10.1. The maximum absolute atomic E-state index is 12.5. The van der Waals surface area contributed by atoms with Gasteiger partial charge in [-0.15, -0.1) is 0 Å². The van der Waals surface area contributed by atoms with E-state index in [-0.39, 0.29) is 22.2 Å². The number of allylic oxidation sites excluding steroid dienone is 1. The smallest absolute Gasteiger partial charge is 0.339 e. The molecule has 0 fully saturated rings. The van der Waals surface area contributed by atoms with Gasteiger partial charge in [-0.3, -0.25) is 9.78 Å². The SMILES string of the molecule is COc1cc(/C=C/C(=O)c2cccnc2)ccc1OS(=O)(=O)c1ccc(C)cc1. The number of rotatable bonds is 7. The lowest BCUT2D eigenvalue weighted by Gasteiger charge is -2.11. The van der Waals surface area contributed by atoms with Crippen LogP contribution in [0.4, 0.5) is 0 Å². The first-order valence-electron chi connectivity index (χ1n) is 8.71. The van der Waals surface area contributed by atoms with Crippen molar-refractivity contribution in [2.45, 2.75) is 11.8 Å². The molecular weight excluding hydrogens is 390 g/mol. The van der Waals surface area contributed by atoms with Crippen LogP contribution in [0.1, 0.15) is 21.5 Å². The van der Waals surface area contributed by atoms with E-state index in [1.807, 2.05) is 6.92 Å². The molecule has 1 heterocycles. The highest BCUT2D eigenvalue weighted by Gasteiger charge is 2.19. The lowest BCUT2D eigenvalue weighted by atomic mass is 10.1. The third-order valence-electron chi connectivity index (χ3n) is 4.07. The maximum atomic E-state index is 12.5. The maximum Gasteiger partial charge on any atom is 0.339 e. The number of nitrogens with zero attached hydrogens (tertiary/aromatic N) is 1. The van der Waals surface area contributed by atoms with Crippen molar-refractivity contribution in [3.63, 3.8) is 0 Å². The molecule has 0 bridgehead atoms. The van der Waals surface area contributed by atoms with Crippen LogP contribution in [-0.2, 0) is 10.1 Å². The second-order valence-corrected chi connectivity index (χ2v) is 7.75. The molecule has 2 aromatic carbocycles. The second kappa shape index (κ2) is 8.70. The van der Waals surface area contributed by atoms with E-state index in [9.17, 15) is 13.2 Å². The number of ether oxygens (including phenoxy) is 1. The number of aromatic nitrogens is 1. The topological polar surface area (TPSA) is 82.6 Å². The molecule has 0 radical (unpaired) electrons. The minimum absolute atomic E-state index is 0.0520. The molecule has 7 heteroatoms. The van der Waals surface area contributed by atoms with Gasteiger partial charge in [0.25, 0.3) is 0 Å². The summed E-state index contributed by atoms with van der Waals surface area (Å²) < 4.78 is 35.5. The highest BCUT2D eigenvalue weighted by molar-refractivity contribution is 7.87. The summed E-state index contributed by atoms with van der Waals surface area (Å²) in [6.07, 6.45) is 6.10. The number of aryl methyl sites for hydroxylation is 1.